The minimum Gasteiger partial charge on any atom is -0.396 e. The highest BCUT2D eigenvalue weighted by Gasteiger charge is 2.38. The molecule has 1 aliphatic carbocycles. The molecular formula is C16H19NO2. The molecule has 2 rings (SSSR count). The van der Waals surface area contributed by atoms with Crippen LogP contribution in [0.1, 0.15) is 31.7 Å². The number of rotatable bonds is 2. The van der Waals surface area contributed by atoms with E-state index in [1.165, 1.54) is 0 Å². The Morgan fingerprint density at radius 3 is 2.89 bits per heavy atom. The molecule has 0 saturated heterocycles. The Bertz CT molecular complexity index is 500. The van der Waals surface area contributed by atoms with E-state index < -0.39 is 0 Å². The fourth-order valence-corrected chi connectivity index (χ4v) is 2.51. The zero-order chi connectivity index (χ0) is 13.7. The van der Waals surface area contributed by atoms with E-state index in [-0.39, 0.29) is 24.0 Å². The average molecular weight is 257 g/mol. The monoisotopic (exact) mass is 257 g/mol. The van der Waals surface area contributed by atoms with Gasteiger partial charge < -0.3 is 10.4 Å². The lowest BCUT2D eigenvalue weighted by Crippen LogP contribution is -2.44. The van der Waals surface area contributed by atoms with Gasteiger partial charge in [0.1, 0.15) is 0 Å². The molecule has 19 heavy (non-hydrogen) atoms. The first-order chi connectivity index (χ1) is 9.14. The summed E-state index contributed by atoms with van der Waals surface area (Å²) in [5, 5.41) is 12.3. The number of carbonyl (C=O) groups excluding carboxylic acids is 1. The SMILES string of the molecule is CC1(CO)CCCC1NC(=O)C#Cc1ccccc1. The Kier molecular flexibility index (Phi) is 4.24. The molecule has 0 radical (unpaired) electrons. The van der Waals surface area contributed by atoms with Gasteiger partial charge in [0.15, 0.2) is 0 Å². The number of hydrogen-bond acceptors (Lipinski definition) is 2. The quantitative estimate of drug-likeness (QED) is 0.792. The molecule has 1 fully saturated rings. The summed E-state index contributed by atoms with van der Waals surface area (Å²) in [7, 11) is 0. The van der Waals surface area contributed by atoms with Crippen LogP contribution in [0.5, 0.6) is 0 Å². The van der Waals surface area contributed by atoms with Crippen molar-refractivity contribution < 1.29 is 9.90 Å². The number of carbonyl (C=O) groups is 1. The van der Waals surface area contributed by atoms with Gasteiger partial charge in [-0.05, 0) is 25.0 Å². The Hall–Kier alpha value is -1.79. The highest BCUT2D eigenvalue weighted by Crippen LogP contribution is 2.37. The fraction of sp³-hybridized carbons (Fsp3) is 0.438. The van der Waals surface area contributed by atoms with Gasteiger partial charge in [0, 0.05) is 22.9 Å². The van der Waals surface area contributed by atoms with Crippen LogP contribution in [0.3, 0.4) is 0 Å². The summed E-state index contributed by atoms with van der Waals surface area (Å²) in [5.74, 6) is 5.18. The third kappa shape index (κ3) is 3.36. The Labute approximate surface area is 114 Å². The van der Waals surface area contributed by atoms with Crippen LogP contribution < -0.4 is 5.32 Å². The summed E-state index contributed by atoms with van der Waals surface area (Å²) in [6, 6.07) is 9.46. The minimum absolute atomic E-state index is 0.0232. The van der Waals surface area contributed by atoms with E-state index in [1.54, 1.807) is 0 Å². The van der Waals surface area contributed by atoms with Crippen LogP contribution in [0.15, 0.2) is 30.3 Å². The zero-order valence-corrected chi connectivity index (χ0v) is 11.1. The standard InChI is InChI=1S/C16H19NO2/c1-16(12-18)11-5-8-14(16)17-15(19)10-9-13-6-3-2-4-7-13/h2-4,6-7,14,18H,5,8,11-12H2,1H3,(H,17,19). The molecule has 0 spiro atoms. The maximum absolute atomic E-state index is 11.8. The van der Waals surface area contributed by atoms with Gasteiger partial charge in [-0.3, -0.25) is 4.79 Å². The lowest BCUT2D eigenvalue weighted by molar-refractivity contribution is -0.117. The van der Waals surface area contributed by atoms with E-state index in [0.717, 1.165) is 24.8 Å². The zero-order valence-electron chi connectivity index (χ0n) is 11.1. The van der Waals surface area contributed by atoms with Crippen LogP contribution in [0.25, 0.3) is 0 Å². The summed E-state index contributed by atoms with van der Waals surface area (Å²) in [6.45, 7) is 2.11. The van der Waals surface area contributed by atoms with Gasteiger partial charge in [-0.2, -0.15) is 0 Å². The average Bonchev–Trinajstić information content (AvgIpc) is 2.80. The molecule has 0 heterocycles. The highest BCUT2D eigenvalue weighted by atomic mass is 16.3. The van der Waals surface area contributed by atoms with Crippen molar-refractivity contribution in [3.8, 4) is 11.8 Å². The van der Waals surface area contributed by atoms with E-state index in [4.69, 9.17) is 0 Å². The maximum Gasteiger partial charge on any atom is 0.296 e. The number of benzene rings is 1. The second-order valence-electron chi connectivity index (χ2n) is 5.35. The maximum atomic E-state index is 11.8. The summed E-state index contributed by atoms with van der Waals surface area (Å²) in [4.78, 5) is 11.8. The van der Waals surface area contributed by atoms with Crippen molar-refractivity contribution >= 4 is 5.91 Å². The number of nitrogens with one attached hydrogen (secondary N) is 1. The first kappa shape index (κ1) is 13.6. The minimum atomic E-state index is -0.268. The van der Waals surface area contributed by atoms with Crippen molar-refractivity contribution in [2.24, 2.45) is 5.41 Å². The second-order valence-corrected chi connectivity index (χ2v) is 5.35. The largest absolute Gasteiger partial charge is 0.396 e. The predicted molar refractivity (Wildman–Crippen MR) is 74.3 cm³/mol. The van der Waals surface area contributed by atoms with Gasteiger partial charge in [0.05, 0.1) is 6.61 Å². The fourth-order valence-electron chi connectivity index (χ4n) is 2.51. The van der Waals surface area contributed by atoms with Gasteiger partial charge in [0.25, 0.3) is 5.91 Å². The van der Waals surface area contributed by atoms with Gasteiger partial charge in [0.2, 0.25) is 0 Å². The van der Waals surface area contributed by atoms with E-state index in [0.29, 0.717) is 0 Å². The molecule has 0 aromatic heterocycles. The summed E-state index contributed by atoms with van der Waals surface area (Å²) >= 11 is 0. The third-order valence-electron chi connectivity index (χ3n) is 3.84. The molecule has 1 saturated carbocycles. The van der Waals surface area contributed by atoms with Crippen molar-refractivity contribution in [1.29, 1.82) is 0 Å². The first-order valence-electron chi connectivity index (χ1n) is 6.62. The number of amides is 1. The van der Waals surface area contributed by atoms with Crippen LogP contribution in [0, 0.1) is 17.3 Å². The Balaban J connectivity index is 1.97. The predicted octanol–water partition coefficient (Wildman–Crippen LogP) is 1.71. The van der Waals surface area contributed by atoms with Gasteiger partial charge in [-0.25, -0.2) is 0 Å². The van der Waals surface area contributed by atoms with Gasteiger partial charge in [-0.1, -0.05) is 37.5 Å². The molecule has 2 unspecified atom stereocenters. The molecule has 0 aliphatic heterocycles. The van der Waals surface area contributed by atoms with Crippen LogP contribution in [-0.2, 0) is 4.79 Å². The van der Waals surface area contributed by atoms with Crippen molar-refractivity contribution in [3.63, 3.8) is 0 Å². The molecule has 1 aliphatic rings. The number of hydrogen-bond donors (Lipinski definition) is 2. The van der Waals surface area contributed by atoms with Gasteiger partial charge >= 0.3 is 0 Å². The van der Waals surface area contributed by atoms with Crippen LogP contribution in [0.4, 0.5) is 0 Å². The summed E-state index contributed by atoms with van der Waals surface area (Å²) in [6.07, 6.45) is 2.89. The van der Waals surface area contributed by atoms with Crippen molar-refractivity contribution in [1.82, 2.24) is 5.32 Å². The topological polar surface area (TPSA) is 49.3 Å². The lowest BCUT2D eigenvalue weighted by atomic mass is 9.86. The highest BCUT2D eigenvalue weighted by molar-refractivity contribution is 5.94. The van der Waals surface area contributed by atoms with E-state index in [1.807, 2.05) is 37.3 Å². The molecule has 100 valence electrons. The third-order valence-corrected chi connectivity index (χ3v) is 3.84. The van der Waals surface area contributed by atoms with E-state index in [9.17, 15) is 9.90 Å². The number of aliphatic hydroxyl groups is 1. The molecule has 0 bridgehead atoms. The Morgan fingerprint density at radius 2 is 2.21 bits per heavy atom. The smallest absolute Gasteiger partial charge is 0.296 e. The molecule has 1 aromatic rings. The van der Waals surface area contributed by atoms with Crippen molar-refractivity contribution in [2.45, 2.75) is 32.2 Å². The molecule has 2 atom stereocenters. The molecule has 1 aromatic carbocycles. The molecule has 1 amide bonds. The van der Waals surface area contributed by atoms with Gasteiger partial charge in [-0.15, -0.1) is 0 Å². The second kappa shape index (κ2) is 5.90. The summed E-state index contributed by atoms with van der Waals surface area (Å²) < 4.78 is 0. The van der Waals surface area contributed by atoms with Crippen LogP contribution in [0.2, 0.25) is 0 Å². The van der Waals surface area contributed by atoms with E-state index >= 15 is 0 Å². The molecule has 3 heteroatoms. The van der Waals surface area contributed by atoms with Crippen LogP contribution >= 0.6 is 0 Å². The Morgan fingerprint density at radius 1 is 1.47 bits per heavy atom. The molecule has 2 N–H and O–H groups in total. The number of aliphatic hydroxyl groups excluding tert-OH is 1. The first-order valence-corrected chi connectivity index (χ1v) is 6.62. The molecule has 3 nitrogen and oxygen atoms in total. The van der Waals surface area contributed by atoms with Crippen LogP contribution in [-0.4, -0.2) is 23.7 Å². The summed E-state index contributed by atoms with van der Waals surface area (Å²) in [5.41, 5.74) is 0.623. The normalized spacial score (nSPS) is 25.5. The van der Waals surface area contributed by atoms with Crippen molar-refractivity contribution in [3.05, 3.63) is 35.9 Å². The van der Waals surface area contributed by atoms with E-state index in [2.05, 4.69) is 17.2 Å². The molecular weight excluding hydrogens is 238 g/mol. The lowest BCUT2D eigenvalue weighted by Gasteiger charge is -2.29. The van der Waals surface area contributed by atoms with Crippen molar-refractivity contribution in [2.75, 3.05) is 6.61 Å².